The van der Waals surface area contributed by atoms with Crippen LogP contribution in [-0.4, -0.2) is 15.8 Å². The van der Waals surface area contributed by atoms with Crippen molar-refractivity contribution >= 4 is 40.0 Å². The van der Waals surface area contributed by atoms with Gasteiger partial charge >= 0.3 is 0 Å². The summed E-state index contributed by atoms with van der Waals surface area (Å²) < 4.78 is 0. The Bertz CT molecular complexity index is 1540. The smallest absolute Gasteiger partial charge is 0.255 e. The quantitative estimate of drug-likeness (QED) is 0.277. The van der Waals surface area contributed by atoms with Gasteiger partial charge in [-0.1, -0.05) is 89.9 Å². The van der Waals surface area contributed by atoms with Crippen molar-refractivity contribution in [3.05, 3.63) is 129 Å². The third-order valence-electron chi connectivity index (χ3n) is 6.47. The standard InChI is InChI=1S/C29H20Cl2N2O/c30-19-14-15-22(24(31)16-19)27-26(23-12-6-7-13-25(23)32-27)28-20-10-4-5-11-21(20)29(34)33(28)17-18-8-2-1-3-9-18/h1-16,28,32H,17H2/t28-/m0/s1. The Kier molecular flexibility index (Phi) is 5.17. The lowest BCUT2D eigenvalue weighted by Crippen LogP contribution is -2.28. The zero-order valence-corrected chi connectivity index (χ0v) is 19.6. The van der Waals surface area contributed by atoms with Crippen molar-refractivity contribution in [2.75, 3.05) is 0 Å². The van der Waals surface area contributed by atoms with Crippen LogP contribution in [0, 0.1) is 0 Å². The Morgan fingerprint density at radius 3 is 2.35 bits per heavy atom. The Labute approximate surface area is 207 Å². The van der Waals surface area contributed by atoms with Gasteiger partial charge in [-0.15, -0.1) is 0 Å². The van der Waals surface area contributed by atoms with E-state index in [2.05, 4.69) is 35.3 Å². The van der Waals surface area contributed by atoms with Crippen molar-refractivity contribution in [1.29, 1.82) is 0 Å². The van der Waals surface area contributed by atoms with Crippen molar-refractivity contribution in [2.45, 2.75) is 12.6 Å². The molecule has 0 radical (unpaired) electrons. The van der Waals surface area contributed by atoms with Crippen molar-refractivity contribution in [1.82, 2.24) is 9.88 Å². The highest BCUT2D eigenvalue weighted by Crippen LogP contribution is 2.47. The molecule has 0 aliphatic carbocycles. The Hall–Kier alpha value is -3.53. The number of H-pyrrole nitrogens is 1. The van der Waals surface area contributed by atoms with Gasteiger partial charge in [-0.05, 0) is 41.5 Å². The minimum absolute atomic E-state index is 0.0305. The van der Waals surface area contributed by atoms with E-state index in [1.807, 2.05) is 65.6 Å². The lowest BCUT2D eigenvalue weighted by Gasteiger charge is -2.27. The summed E-state index contributed by atoms with van der Waals surface area (Å²) in [6.45, 7) is 0.506. The summed E-state index contributed by atoms with van der Waals surface area (Å²) in [4.78, 5) is 19.2. The van der Waals surface area contributed by atoms with Crippen molar-refractivity contribution in [3.8, 4) is 11.3 Å². The van der Waals surface area contributed by atoms with Crippen LogP contribution in [0.5, 0.6) is 0 Å². The minimum atomic E-state index is -0.262. The summed E-state index contributed by atoms with van der Waals surface area (Å²) in [7, 11) is 0. The molecule has 1 atom stereocenters. The van der Waals surface area contributed by atoms with Gasteiger partial charge in [0.05, 0.1) is 16.8 Å². The SMILES string of the molecule is O=C1c2ccccc2[C@@H](c2c(-c3ccc(Cl)cc3Cl)[nH]c3ccccc23)N1Cc1ccccc1. The average molecular weight is 483 g/mol. The number of benzene rings is 4. The Morgan fingerprint density at radius 1 is 0.794 bits per heavy atom. The van der Waals surface area contributed by atoms with E-state index in [-0.39, 0.29) is 11.9 Å². The van der Waals surface area contributed by atoms with E-state index in [9.17, 15) is 4.79 Å². The van der Waals surface area contributed by atoms with Gasteiger partial charge in [-0.3, -0.25) is 4.79 Å². The molecule has 0 saturated heterocycles. The second-order valence-electron chi connectivity index (χ2n) is 8.49. The normalized spacial score (nSPS) is 15.2. The maximum absolute atomic E-state index is 13.7. The number of hydrogen-bond donors (Lipinski definition) is 1. The van der Waals surface area contributed by atoms with E-state index >= 15 is 0 Å². The third kappa shape index (κ3) is 3.40. The van der Waals surface area contributed by atoms with Gasteiger partial charge in [0.25, 0.3) is 5.91 Å². The highest BCUT2D eigenvalue weighted by molar-refractivity contribution is 6.36. The first-order valence-corrected chi connectivity index (χ1v) is 11.9. The van der Waals surface area contributed by atoms with Crippen LogP contribution in [0.1, 0.15) is 33.1 Å². The highest BCUT2D eigenvalue weighted by atomic mass is 35.5. The lowest BCUT2D eigenvalue weighted by molar-refractivity contribution is 0.0737. The fraction of sp³-hybridized carbons (Fsp3) is 0.0690. The van der Waals surface area contributed by atoms with E-state index in [1.54, 1.807) is 6.07 Å². The average Bonchev–Trinajstić information content (AvgIpc) is 3.35. The van der Waals surface area contributed by atoms with Gasteiger partial charge in [-0.2, -0.15) is 0 Å². The molecule has 0 spiro atoms. The summed E-state index contributed by atoms with van der Waals surface area (Å²) in [5.41, 5.74) is 6.61. The molecule has 34 heavy (non-hydrogen) atoms. The number of nitrogens with one attached hydrogen (secondary N) is 1. The van der Waals surface area contributed by atoms with Crippen LogP contribution in [-0.2, 0) is 6.54 Å². The molecule has 1 N–H and O–H groups in total. The minimum Gasteiger partial charge on any atom is -0.354 e. The zero-order valence-electron chi connectivity index (χ0n) is 18.1. The second kappa shape index (κ2) is 8.35. The predicted molar refractivity (Wildman–Crippen MR) is 138 cm³/mol. The van der Waals surface area contributed by atoms with Gasteiger partial charge in [0.2, 0.25) is 0 Å². The highest BCUT2D eigenvalue weighted by Gasteiger charge is 2.40. The van der Waals surface area contributed by atoms with Crippen molar-refractivity contribution in [2.24, 2.45) is 0 Å². The number of aromatic nitrogens is 1. The monoisotopic (exact) mass is 482 g/mol. The maximum atomic E-state index is 13.7. The molecule has 0 fully saturated rings. The summed E-state index contributed by atoms with van der Waals surface area (Å²) in [6, 6.07) is 31.4. The van der Waals surface area contributed by atoms with Crippen molar-refractivity contribution < 1.29 is 4.79 Å². The predicted octanol–water partition coefficient (Wildman–Crippen LogP) is 7.89. The van der Waals surface area contributed by atoms with Gasteiger partial charge in [-0.25, -0.2) is 0 Å². The van der Waals surface area contributed by atoms with Crippen LogP contribution < -0.4 is 0 Å². The molecule has 6 rings (SSSR count). The van der Waals surface area contributed by atoms with Gasteiger partial charge < -0.3 is 9.88 Å². The van der Waals surface area contributed by atoms with E-state index < -0.39 is 0 Å². The summed E-state index contributed by atoms with van der Waals surface area (Å²) >= 11 is 12.9. The van der Waals surface area contributed by atoms with Crippen LogP contribution in [0.2, 0.25) is 10.0 Å². The molecule has 1 aromatic heterocycles. The largest absolute Gasteiger partial charge is 0.354 e. The number of para-hydroxylation sites is 1. The van der Waals surface area contributed by atoms with Crippen LogP contribution in [0.25, 0.3) is 22.2 Å². The first kappa shape index (κ1) is 21.0. The van der Waals surface area contributed by atoms with Crippen LogP contribution in [0.3, 0.4) is 0 Å². The number of carbonyl (C=O) groups is 1. The van der Waals surface area contributed by atoms with Crippen molar-refractivity contribution in [3.63, 3.8) is 0 Å². The van der Waals surface area contributed by atoms with Gasteiger partial charge in [0.15, 0.2) is 0 Å². The first-order chi connectivity index (χ1) is 16.6. The molecule has 1 amide bonds. The molecule has 5 heteroatoms. The number of nitrogens with zero attached hydrogens (tertiary/aromatic N) is 1. The fourth-order valence-corrected chi connectivity index (χ4v) is 5.48. The topological polar surface area (TPSA) is 36.1 Å². The molecule has 0 bridgehead atoms. The number of fused-ring (bicyclic) bond motifs is 2. The molecule has 2 heterocycles. The van der Waals surface area contributed by atoms with E-state index in [4.69, 9.17) is 23.2 Å². The number of hydrogen-bond acceptors (Lipinski definition) is 1. The number of aromatic amines is 1. The van der Waals surface area contributed by atoms with Gasteiger partial charge in [0, 0.05) is 39.2 Å². The van der Waals surface area contributed by atoms with Crippen LogP contribution in [0.15, 0.2) is 97.1 Å². The van der Waals surface area contributed by atoms with Gasteiger partial charge in [0.1, 0.15) is 0 Å². The van der Waals surface area contributed by atoms with E-state index in [0.717, 1.165) is 44.4 Å². The maximum Gasteiger partial charge on any atom is 0.255 e. The number of amides is 1. The summed E-state index contributed by atoms with van der Waals surface area (Å²) in [6.07, 6.45) is 0. The molecule has 5 aromatic rings. The van der Waals surface area contributed by atoms with Crippen LogP contribution in [0.4, 0.5) is 0 Å². The molecule has 1 aliphatic rings. The molecule has 3 nitrogen and oxygen atoms in total. The molecule has 4 aromatic carbocycles. The van der Waals surface area contributed by atoms with E-state index in [1.165, 1.54) is 0 Å². The Morgan fingerprint density at radius 2 is 1.53 bits per heavy atom. The first-order valence-electron chi connectivity index (χ1n) is 11.1. The molecule has 0 unspecified atom stereocenters. The summed E-state index contributed by atoms with van der Waals surface area (Å²) in [5.74, 6) is 0.0305. The van der Waals surface area contributed by atoms with E-state index in [0.29, 0.717) is 16.6 Å². The summed E-state index contributed by atoms with van der Waals surface area (Å²) in [5, 5.41) is 2.21. The molecular formula is C29H20Cl2N2O. The molecule has 166 valence electrons. The lowest BCUT2D eigenvalue weighted by atomic mass is 9.93. The molecule has 0 saturated carbocycles. The second-order valence-corrected chi connectivity index (χ2v) is 9.34. The Balaban J connectivity index is 1.62. The fourth-order valence-electron chi connectivity index (χ4n) is 4.98. The third-order valence-corrected chi connectivity index (χ3v) is 7.02. The molecule has 1 aliphatic heterocycles. The zero-order chi connectivity index (χ0) is 23.2. The number of rotatable bonds is 4. The molecular weight excluding hydrogens is 463 g/mol. The number of halogens is 2. The number of carbonyl (C=O) groups excluding carboxylic acids is 1. The van der Waals surface area contributed by atoms with Crippen LogP contribution >= 0.6 is 23.2 Å².